The van der Waals surface area contributed by atoms with E-state index in [9.17, 15) is 9.18 Å². The molecule has 0 aliphatic rings. The monoisotopic (exact) mass is 253 g/mol. The van der Waals surface area contributed by atoms with Gasteiger partial charge in [-0.2, -0.15) is 0 Å². The Morgan fingerprint density at radius 1 is 1.39 bits per heavy atom. The van der Waals surface area contributed by atoms with Crippen molar-refractivity contribution < 1.29 is 14.3 Å². The average molecular weight is 253 g/mol. The van der Waals surface area contributed by atoms with Crippen LogP contribution < -0.4 is 5.73 Å². The van der Waals surface area contributed by atoms with Crippen LogP contribution in [0.25, 0.3) is 0 Å². The molecule has 0 fully saturated rings. The van der Waals surface area contributed by atoms with Crippen LogP contribution in [0.4, 0.5) is 4.39 Å². The van der Waals surface area contributed by atoms with Gasteiger partial charge in [-0.3, -0.25) is 4.79 Å². The maximum absolute atomic E-state index is 14.0. The van der Waals surface area contributed by atoms with Gasteiger partial charge in [0.1, 0.15) is 5.82 Å². The van der Waals surface area contributed by atoms with Gasteiger partial charge < -0.3 is 10.8 Å². The summed E-state index contributed by atoms with van der Waals surface area (Å²) >= 11 is 0. The average Bonchev–Trinajstić information content (AvgIpc) is 2.33. The number of halogens is 1. The second kappa shape index (κ2) is 6.50. The van der Waals surface area contributed by atoms with Crippen molar-refractivity contribution in [2.45, 2.75) is 38.5 Å². The van der Waals surface area contributed by atoms with E-state index in [1.165, 1.54) is 6.07 Å². The van der Waals surface area contributed by atoms with E-state index in [1.54, 1.807) is 12.1 Å². The van der Waals surface area contributed by atoms with Crippen molar-refractivity contribution in [1.82, 2.24) is 0 Å². The fourth-order valence-electron chi connectivity index (χ4n) is 2.20. The molecule has 1 rings (SSSR count). The first kappa shape index (κ1) is 14.6. The minimum absolute atomic E-state index is 0.0287. The number of rotatable bonds is 6. The van der Waals surface area contributed by atoms with Crippen molar-refractivity contribution in [1.29, 1.82) is 0 Å². The van der Waals surface area contributed by atoms with Gasteiger partial charge in [0.2, 0.25) is 0 Å². The van der Waals surface area contributed by atoms with Gasteiger partial charge in [0, 0.05) is 6.54 Å². The number of carboxylic acid groups (broad SMARTS) is 1. The maximum Gasteiger partial charge on any atom is 0.312 e. The summed E-state index contributed by atoms with van der Waals surface area (Å²) in [4.78, 5) is 11.0. The molecule has 100 valence electrons. The van der Waals surface area contributed by atoms with E-state index in [-0.39, 0.29) is 18.3 Å². The van der Waals surface area contributed by atoms with Gasteiger partial charge in [-0.05, 0) is 36.0 Å². The third-order valence-corrected chi connectivity index (χ3v) is 3.39. The second-order valence-electron chi connectivity index (χ2n) is 4.42. The molecular weight excluding hydrogens is 233 g/mol. The van der Waals surface area contributed by atoms with E-state index in [2.05, 4.69) is 0 Å². The molecule has 0 amide bonds. The highest BCUT2D eigenvalue weighted by Crippen LogP contribution is 2.27. The van der Waals surface area contributed by atoms with Crippen LogP contribution in [0.15, 0.2) is 18.2 Å². The van der Waals surface area contributed by atoms with E-state index in [4.69, 9.17) is 10.8 Å². The van der Waals surface area contributed by atoms with Crippen LogP contribution in [0.1, 0.15) is 49.7 Å². The first-order valence-corrected chi connectivity index (χ1v) is 6.27. The van der Waals surface area contributed by atoms with Crippen LogP contribution in [0, 0.1) is 5.82 Å². The van der Waals surface area contributed by atoms with Gasteiger partial charge in [-0.25, -0.2) is 4.39 Å². The molecule has 0 saturated carbocycles. The Morgan fingerprint density at radius 2 is 2.00 bits per heavy atom. The maximum atomic E-state index is 14.0. The van der Waals surface area contributed by atoms with Crippen LogP contribution in [-0.2, 0) is 4.79 Å². The molecule has 1 aromatic carbocycles. The highest BCUT2D eigenvalue weighted by Gasteiger charge is 2.20. The molecule has 3 nitrogen and oxygen atoms in total. The highest BCUT2D eigenvalue weighted by molar-refractivity contribution is 5.76. The zero-order chi connectivity index (χ0) is 13.7. The van der Waals surface area contributed by atoms with Crippen molar-refractivity contribution in [2.75, 3.05) is 6.54 Å². The largest absolute Gasteiger partial charge is 0.481 e. The summed E-state index contributed by atoms with van der Waals surface area (Å²) in [5, 5.41) is 8.99. The van der Waals surface area contributed by atoms with Crippen LogP contribution >= 0.6 is 0 Å². The summed E-state index contributed by atoms with van der Waals surface area (Å²) in [6.45, 7) is 4.00. The molecule has 18 heavy (non-hydrogen) atoms. The van der Waals surface area contributed by atoms with Crippen molar-refractivity contribution in [2.24, 2.45) is 5.73 Å². The number of aliphatic carboxylic acids is 1. The third kappa shape index (κ3) is 3.07. The summed E-state index contributed by atoms with van der Waals surface area (Å²) in [5.74, 6) is -2.01. The Bertz CT molecular complexity index is 416. The topological polar surface area (TPSA) is 63.3 Å². The van der Waals surface area contributed by atoms with Gasteiger partial charge in [0.15, 0.2) is 0 Å². The quantitative estimate of drug-likeness (QED) is 0.819. The molecule has 0 spiro atoms. The molecule has 0 bridgehead atoms. The lowest BCUT2D eigenvalue weighted by molar-refractivity contribution is -0.138. The summed E-state index contributed by atoms with van der Waals surface area (Å²) < 4.78 is 14.0. The summed E-state index contributed by atoms with van der Waals surface area (Å²) in [7, 11) is 0. The Labute approximate surface area is 107 Å². The van der Waals surface area contributed by atoms with E-state index in [0.29, 0.717) is 11.1 Å². The van der Waals surface area contributed by atoms with Crippen molar-refractivity contribution >= 4 is 5.97 Å². The minimum Gasteiger partial charge on any atom is -0.481 e. The lowest BCUT2D eigenvalue weighted by Crippen LogP contribution is -2.21. The Kier molecular flexibility index (Phi) is 5.28. The fraction of sp³-hybridized carbons (Fsp3) is 0.500. The molecule has 1 aromatic rings. The fourth-order valence-corrected chi connectivity index (χ4v) is 2.20. The summed E-state index contributed by atoms with van der Waals surface area (Å²) in [6.07, 6.45) is 1.73. The molecule has 0 radical (unpaired) electrons. The lowest BCUT2D eigenvalue weighted by Gasteiger charge is -2.16. The van der Waals surface area contributed by atoms with E-state index >= 15 is 0 Å². The lowest BCUT2D eigenvalue weighted by atomic mass is 9.90. The van der Waals surface area contributed by atoms with Crippen LogP contribution in [-0.4, -0.2) is 17.6 Å². The van der Waals surface area contributed by atoms with Gasteiger partial charge >= 0.3 is 5.97 Å². The van der Waals surface area contributed by atoms with Crippen LogP contribution in [0.2, 0.25) is 0 Å². The predicted molar refractivity (Wildman–Crippen MR) is 69.2 cm³/mol. The number of nitrogens with two attached hydrogens (primary N) is 1. The number of benzene rings is 1. The van der Waals surface area contributed by atoms with Gasteiger partial charge in [0.25, 0.3) is 0 Å². The molecule has 3 N–H and O–H groups in total. The molecule has 0 aromatic heterocycles. The highest BCUT2D eigenvalue weighted by atomic mass is 19.1. The number of carboxylic acids is 1. The number of hydrogen-bond donors (Lipinski definition) is 2. The molecule has 4 heteroatoms. The Hall–Kier alpha value is -1.42. The van der Waals surface area contributed by atoms with E-state index in [1.807, 2.05) is 13.8 Å². The van der Waals surface area contributed by atoms with Crippen LogP contribution in [0.5, 0.6) is 0 Å². The molecule has 0 heterocycles. The minimum atomic E-state index is -1.02. The zero-order valence-electron chi connectivity index (χ0n) is 10.8. The van der Waals surface area contributed by atoms with Gasteiger partial charge in [-0.1, -0.05) is 26.0 Å². The molecular formula is C14H20FNO2. The van der Waals surface area contributed by atoms with Crippen molar-refractivity contribution in [3.63, 3.8) is 0 Å². The normalized spacial score (nSPS) is 12.7. The number of carbonyl (C=O) groups is 1. The first-order chi connectivity index (χ1) is 8.54. The Morgan fingerprint density at radius 3 is 2.39 bits per heavy atom. The molecule has 1 atom stereocenters. The summed E-state index contributed by atoms with van der Waals surface area (Å²) in [6, 6.07) is 4.66. The molecule has 0 aliphatic heterocycles. The van der Waals surface area contributed by atoms with Crippen LogP contribution in [0.3, 0.4) is 0 Å². The van der Waals surface area contributed by atoms with Gasteiger partial charge in [0.05, 0.1) is 5.92 Å². The molecule has 0 saturated heterocycles. The summed E-state index contributed by atoms with van der Waals surface area (Å²) in [5.41, 5.74) is 6.49. The second-order valence-corrected chi connectivity index (χ2v) is 4.42. The van der Waals surface area contributed by atoms with E-state index in [0.717, 1.165) is 12.8 Å². The van der Waals surface area contributed by atoms with E-state index < -0.39 is 11.9 Å². The smallest absolute Gasteiger partial charge is 0.312 e. The molecule has 1 unspecified atom stereocenters. The van der Waals surface area contributed by atoms with Gasteiger partial charge in [-0.15, -0.1) is 0 Å². The third-order valence-electron chi connectivity index (χ3n) is 3.39. The van der Waals surface area contributed by atoms with Crippen molar-refractivity contribution in [3.8, 4) is 0 Å². The zero-order valence-corrected chi connectivity index (χ0v) is 10.8. The number of hydrogen-bond acceptors (Lipinski definition) is 2. The Balaban J connectivity index is 3.08. The predicted octanol–water partition coefficient (Wildman–Crippen LogP) is 2.86. The first-order valence-electron chi connectivity index (χ1n) is 6.27. The van der Waals surface area contributed by atoms with Crippen molar-refractivity contribution in [3.05, 3.63) is 35.1 Å². The molecule has 0 aliphatic carbocycles. The standard InChI is InChI=1S/C14H20FNO2/c1-3-9(4-2)11-6-5-10(7-13(11)15)12(8-16)14(17)18/h5-7,9,12H,3-4,8,16H2,1-2H3,(H,17,18). The SMILES string of the molecule is CCC(CC)c1ccc(C(CN)C(=O)O)cc1F.